The van der Waals surface area contributed by atoms with E-state index in [2.05, 4.69) is 42.8 Å². The molecule has 0 saturated carbocycles. The molecule has 0 heterocycles. The number of allylic oxidation sites excluding steroid dienone is 4. The van der Waals surface area contributed by atoms with E-state index in [4.69, 9.17) is 4.89 Å². The molecule has 116 valence electrons. The second-order valence-corrected chi connectivity index (χ2v) is 5.63. The van der Waals surface area contributed by atoms with Crippen LogP contribution in [0.2, 0.25) is 0 Å². The smallest absolute Gasteiger partial charge is 0.302 e. The third-order valence-electron chi connectivity index (χ3n) is 2.02. The van der Waals surface area contributed by atoms with Gasteiger partial charge in [0.25, 0.3) is 0 Å². The SMILES string of the molecule is CCOP(=O)(O)OCC.[CH2-]/C=C(\C)CCC=C(C)C.[Zn]. The Morgan fingerprint density at radius 2 is 1.65 bits per heavy atom. The average Bonchev–Trinajstić information content (AvgIpc) is 2.28. The zero-order chi connectivity index (χ0) is 15.3. The first-order chi connectivity index (χ1) is 8.79. The molecule has 0 spiro atoms. The molecule has 0 aliphatic carbocycles. The predicted molar refractivity (Wildman–Crippen MR) is 80.9 cm³/mol. The molecule has 0 bridgehead atoms. The fraction of sp³-hybridized carbons (Fsp3) is 0.643. The van der Waals surface area contributed by atoms with E-state index in [1.165, 1.54) is 11.1 Å². The molecule has 0 aromatic rings. The Morgan fingerprint density at radius 3 is 1.95 bits per heavy atom. The number of hydrogen-bond acceptors (Lipinski definition) is 3. The van der Waals surface area contributed by atoms with Crippen LogP contribution in [0.4, 0.5) is 0 Å². The van der Waals surface area contributed by atoms with Crippen molar-refractivity contribution in [1.29, 1.82) is 0 Å². The van der Waals surface area contributed by atoms with Crippen LogP contribution in [-0.4, -0.2) is 18.1 Å². The van der Waals surface area contributed by atoms with E-state index in [-0.39, 0.29) is 32.7 Å². The minimum absolute atomic E-state index is 0. The Bertz CT molecular complexity index is 313. The molecule has 0 aliphatic heterocycles. The summed E-state index contributed by atoms with van der Waals surface area (Å²) in [7, 11) is -3.69. The van der Waals surface area contributed by atoms with E-state index in [1.807, 2.05) is 6.08 Å². The third kappa shape index (κ3) is 20.4. The Kier molecular flexibility index (Phi) is 19.4. The van der Waals surface area contributed by atoms with Gasteiger partial charge >= 0.3 is 7.82 Å². The maximum atomic E-state index is 10.5. The minimum Gasteiger partial charge on any atom is -0.302 e. The second kappa shape index (κ2) is 15.5. The molecule has 0 fully saturated rings. The normalized spacial score (nSPS) is 11.0. The minimum atomic E-state index is -3.69. The van der Waals surface area contributed by atoms with Gasteiger partial charge in [-0.1, -0.05) is 18.1 Å². The van der Waals surface area contributed by atoms with Gasteiger partial charge in [0.15, 0.2) is 0 Å². The van der Waals surface area contributed by atoms with Gasteiger partial charge in [0, 0.05) is 19.5 Å². The zero-order valence-corrected chi connectivity index (χ0v) is 17.4. The van der Waals surface area contributed by atoms with E-state index < -0.39 is 7.82 Å². The summed E-state index contributed by atoms with van der Waals surface area (Å²) < 4.78 is 19.2. The molecule has 20 heavy (non-hydrogen) atoms. The van der Waals surface area contributed by atoms with Crippen molar-refractivity contribution in [1.82, 2.24) is 0 Å². The quantitative estimate of drug-likeness (QED) is 0.312. The van der Waals surface area contributed by atoms with Crippen molar-refractivity contribution < 1.29 is 38.0 Å². The second-order valence-electron chi connectivity index (χ2n) is 4.17. The number of hydrogen-bond donors (Lipinski definition) is 1. The van der Waals surface area contributed by atoms with E-state index in [1.54, 1.807) is 13.8 Å². The van der Waals surface area contributed by atoms with Crippen molar-refractivity contribution in [2.24, 2.45) is 0 Å². The molecule has 0 rings (SSSR count). The Labute approximate surface area is 137 Å². The molecule has 1 N–H and O–H groups in total. The van der Waals surface area contributed by atoms with Gasteiger partial charge in [-0.3, -0.25) is 9.05 Å². The van der Waals surface area contributed by atoms with Crippen LogP contribution in [0.15, 0.2) is 23.3 Å². The van der Waals surface area contributed by atoms with Crippen molar-refractivity contribution in [2.45, 2.75) is 47.5 Å². The van der Waals surface area contributed by atoms with Crippen molar-refractivity contribution in [3.63, 3.8) is 0 Å². The van der Waals surface area contributed by atoms with E-state index in [0.29, 0.717) is 0 Å². The monoisotopic (exact) mass is 355 g/mol. The summed E-state index contributed by atoms with van der Waals surface area (Å²) in [5.41, 5.74) is 2.77. The summed E-state index contributed by atoms with van der Waals surface area (Å²) in [4.78, 5) is 8.63. The van der Waals surface area contributed by atoms with Crippen LogP contribution >= 0.6 is 7.82 Å². The van der Waals surface area contributed by atoms with Crippen LogP contribution in [0.25, 0.3) is 0 Å². The molecule has 6 heteroatoms. The van der Waals surface area contributed by atoms with Crippen LogP contribution in [0, 0.1) is 6.92 Å². The molecule has 0 amide bonds. The predicted octanol–water partition coefficient (Wildman–Crippen LogP) is 4.67. The van der Waals surface area contributed by atoms with Gasteiger partial charge in [0.05, 0.1) is 13.2 Å². The number of rotatable bonds is 7. The Balaban J connectivity index is -0.000000277. The molecular formula is C14H28O4PZn-. The first-order valence-electron chi connectivity index (χ1n) is 6.49. The molecular weight excluding hydrogens is 329 g/mol. The van der Waals surface area contributed by atoms with Gasteiger partial charge in [-0.05, 0) is 34.1 Å². The van der Waals surface area contributed by atoms with Crippen LogP contribution in [-0.2, 0) is 33.1 Å². The summed E-state index contributed by atoms with van der Waals surface area (Å²) in [5, 5.41) is 0. The van der Waals surface area contributed by atoms with E-state index in [0.717, 1.165) is 12.8 Å². The molecule has 0 saturated heterocycles. The van der Waals surface area contributed by atoms with Crippen molar-refractivity contribution in [3.05, 3.63) is 30.2 Å². The molecule has 0 aromatic carbocycles. The fourth-order valence-corrected chi connectivity index (χ4v) is 1.78. The van der Waals surface area contributed by atoms with Gasteiger partial charge in [-0.25, -0.2) is 23.1 Å². The summed E-state index contributed by atoms with van der Waals surface area (Å²) >= 11 is 0. The Morgan fingerprint density at radius 1 is 1.20 bits per heavy atom. The summed E-state index contributed by atoms with van der Waals surface area (Å²) in [5.74, 6) is 0. The molecule has 4 nitrogen and oxygen atoms in total. The van der Waals surface area contributed by atoms with Crippen LogP contribution in [0.5, 0.6) is 0 Å². The van der Waals surface area contributed by atoms with Gasteiger partial charge in [-0.2, -0.15) is 0 Å². The van der Waals surface area contributed by atoms with Crippen LogP contribution in [0.1, 0.15) is 47.5 Å². The molecule has 0 atom stereocenters. The molecule has 0 aromatic heterocycles. The average molecular weight is 357 g/mol. The number of phosphoric acid groups is 1. The maximum absolute atomic E-state index is 10.5. The van der Waals surface area contributed by atoms with Crippen LogP contribution < -0.4 is 0 Å². The molecule has 0 radical (unpaired) electrons. The first-order valence-corrected chi connectivity index (χ1v) is 7.98. The zero-order valence-electron chi connectivity index (χ0n) is 13.5. The number of phosphoric ester groups is 1. The van der Waals surface area contributed by atoms with Crippen molar-refractivity contribution in [2.75, 3.05) is 13.2 Å². The summed E-state index contributed by atoms with van der Waals surface area (Å²) in [6.45, 7) is 13.7. The van der Waals surface area contributed by atoms with Gasteiger partial charge in [0.2, 0.25) is 0 Å². The van der Waals surface area contributed by atoms with Gasteiger partial charge < -0.3 is 4.89 Å². The fourth-order valence-electron chi connectivity index (χ4n) is 1.05. The summed E-state index contributed by atoms with van der Waals surface area (Å²) in [6, 6.07) is 0. The standard InChI is InChI=1S/C10H17.C4H11O4P.Zn/c1-5-10(4)8-6-7-9(2)3;1-3-7-9(5,6)8-4-2;/h5,7H,1,6,8H2,2-4H3;3-4H2,1-2H3,(H,5,6);/q-1;;/b10-5+;;. The van der Waals surface area contributed by atoms with Crippen molar-refractivity contribution >= 4 is 7.82 Å². The first kappa shape index (κ1) is 25.1. The molecule has 0 unspecified atom stereocenters. The topological polar surface area (TPSA) is 55.8 Å². The largest absolute Gasteiger partial charge is 0.472 e. The van der Waals surface area contributed by atoms with Gasteiger partial charge in [-0.15, -0.1) is 6.92 Å². The van der Waals surface area contributed by atoms with E-state index >= 15 is 0 Å². The Hall–Kier alpha value is 0.0834. The van der Waals surface area contributed by atoms with E-state index in [9.17, 15) is 4.57 Å². The summed E-state index contributed by atoms with van der Waals surface area (Å²) in [6.07, 6.45) is 6.49. The van der Waals surface area contributed by atoms with Crippen LogP contribution in [0.3, 0.4) is 0 Å². The third-order valence-corrected chi connectivity index (χ3v) is 3.19. The molecule has 0 aliphatic rings. The maximum Gasteiger partial charge on any atom is 0.472 e. The van der Waals surface area contributed by atoms with Gasteiger partial charge in [0.1, 0.15) is 0 Å². The van der Waals surface area contributed by atoms with Crippen molar-refractivity contribution in [3.8, 4) is 0 Å².